The van der Waals surface area contributed by atoms with Crippen molar-refractivity contribution in [2.24, 2.45) is 0 Å². The highest BCUT2D eigenvalue weighted by Gasteiger charge is 2.32. The van der Waals surface area contributed by atoms with Gasteiger partial charge in [-0.3, -0.25) is 0 Å². The maximum absolute atomic E-state index is 12.9. The third-order valence-electron chi connectivity index (χ3n) is 5.02. The lowest BCUT2D eigenvalue weighted by Gasteiger charge is -2.28. The van der Waals surface area contributed by atoms with Gasteiger partial charge in [-0.25, -0.2) is 9.59 Å². The first-order valence-electron chi connectivity index (χ1n) is 9.48. The summed E-state index contributed by atoms with van der Waals surface area (Å²) in [5.41, 5.74) is 3.66. The number of hydrogen-bond acceptors (Lipinski definition) is 5. The number of allylic oxidation sites excluding steroid dienone is 1. The molecule has 2 heterocycles. The number of carbonyl (C=O) groups is 2. The van der Waals surface area contributed by atoms with Gasteiger partial charge in [0.1, 0.15) is 6.61 Å². The lowest BCUT2D eigenvalue weighted by Crippen LogP contribution is -2.45. The van der Waals surface area contributed by atoms with Gasteiger partial charge in [-0.2, -0.15) is 0 Å². The van der Waals surface area contributed by atoms with E-state index in [0.717, 1.165) is 17.5 Å². The van der Waals surface area contributed by atoms with E-state index in [2.05, 4.69) is 17.6 Å². The Morgan fingerprint density at radius 2 is 1.83 bits per heavy atom. The average molecular weight is 394 g/mol. The number of amides is 2. The van der Waals surface area contributed by atoms with Crippen LogP contribution in [0.2, 0.25) is 0 Å². The number of nitrogens with one attached hydrogen (secondary N) is 2. The summed E-state index contributed by atoms with van der Waals surface area (Å²) in [6.45, 7) is 4.05. The van der Waals surface area contributed by atoms with Crippen LogP contribution in [0, 0.1) is 0 Å². The Balaban J connectivity index is 1.53. The van der Waals surface area contributed by atoms with Gasteiger partial charge in [0.2, 0.25) is 6.79 Å². The van der Waals surface area contributed by atoms with Crippen molar-refractivity contribution in [1.29, 1.82) is 0 Å². The zero-order valence-corrected chi connectivity index (χ0v) is 16.3. The van der Waals surface area contributed by atoms with Crippen molar-refractivity contribution in [1.82, 2.24) is 10.6 Å². The molecule has 2 N–H and O–H groups in total. The maximum atomic E-state index is 12.9. The van der Waals surface area contributed by atoms with Crippen molar-refractivity contribution in [3.8, 4) is 11.5 Å². The van der Waals surface area contributed by atoms with E-state index in [-0.39, 0.29) is 19.4 Å². The van der Waals surface area contributed by atoms with E-state index in [9.17, 15) is 9.59 Å². The Morgan fingerprint density at radius 1 is 1.10 bits per heavy atom. The molecule has 1 atom stereocenters. The first kappa shape index (κ1) is 18.9. The van der Waals surface area contributed by atoms with E-state index >= 15 is 0 Å². The normalized spacial score (nSPS) is 17.6. The van der Waals surface area contributed by atoms with Crippen molar-refractivity contribution < 1.29 is 23.8 Å². The fourth-order valence-corrected chi connectivity index (χ4v) is 3.42. The number of fused-ring (bicyclic) bond motifs is 1. The van der Waals surface area contributed by atoms with Gasteiger partial charge in [0.05, 0.1) is 11.6 Å². The lowest BCUT2D eigenvalue weighted by molar-refractivity contribution is -0.140. The second-order valence-electron chi connectivity index (χ2n) is 6.93. The van der Waals surface area contributed by atoms with Crippen molar-refractivity contribution in [2.75, 3.05) is 6.79 Å². The monoisotopic (exact) mass is 394 g/mol. The molecule has 0 spiro atoms. The Hall–Kier alpha value is -3.48. The summed E-state index contributed by atoms with van der Waals surface area (Å²) in [6.07, 6.45) is 0.915. The van der Waals surface area contributed by atoms with Gasteiger partial charge in [-0.1, -0.05) is 37.3 Å². The van der Waals surface area contributed by atoms with Crippen molar-refractivity contribution in [3.63, 3.8) is 0 Å². The number of ether oxygens (including phenoxy) is 3. The molecule has 29 heavy (non-hydrogen) atoms. The summed E-state index contributed by atoms with van der Waals surface area (Å²) >= 11 is 0. The molecule has 2 aromatic rings. The molecule has 2 aliphatic heterocycles. The van der Waals surface area contributed by atoms with Crippen LogP contribution in [0.15, 0.2) is 53.7 Å². The molecule has 0 saturated heterocycles. The molecular formula is C22H22N2O5. The molecule has 2 aliphatic rings. The van der Waals surface area contributed by atoms with Crippen molar-refractivity contribution in [2.45, 2.75) is 32.9 Å². The molecule has 0 radical (unpaired) electrons. The van der Waals surface area contributed by atoms with Crippen LogP contribution in [-0.4, -0.2) is 18.8 Å². The van der Waals surface area contributed by atoms with Crippen LogP contribution in [0.25, 0.3) is 0 Å². The number of benzene rings is 2. The molecular weight excluding hydrogens is 372 g/mol. The van der Waals surface area contributed by atoms with E-state index < -0.39 is 12.0 Å². The number of rotatable bonds is 5. The van der Waals surface area contributed by atoms with E-state index in [1.165, 1.54) is 5.56 Å². The first-order valence-corrected chi connectivity index (χ1v) is 9.48. The second-order valence-corrected chi connectivity index (χ2v) is 6.93. The summed E-state index contributed by atoms with van der Waals surface area (Å²) in [6, 6.07) is 12.3. The zero-order chi connectivity index (χ0) is 20.4. The first-order chi connectivity index (χ1) is 14.0. The molecule has 0 aliphatic carbocycles. The summed E-state index contributed by atoms with van der Waals surface area (Å²) < 4.78 is 16.2. The molecule has 150 valence electrons. The van der Waals surface area contributed by atoms with Gasteiger partial charge in [-0.15, -0.1) is 0 Å². The van der Waals surface area contributed by atoms with E-state index in [0.29, 0.717) is 22.8 Å². The molecule has 0 saturated carbocycles. The smallest absolute Gasteiger partial charge is 0.338 e. The van der Waals surface area contributed by atoms with Gasteiger partial charge in [0, 0.05) is 5.70 Å². The lowest BCUT2D eigenvalue weighted by atomic mass is 9.94. The van der Waals surface area contributed by atoms with Gasteiger partial charge >= 0.3 is 12.0 Å². The Kier molecular flexibility index (Phi) is 5.12. The van der Waals surface area contributed by atoms with Crippen LogP contribution in [0.4, 0.5) is 4.79 Å². The van der Waals surface area contributed by atoms with Crippen LogP contribution in [-0.2, 0) is 22.6 Å². The summed E-state index contributed by atoms with van der Waals surface area (Å²) in [5, 5.41) is 5.48. The summed E-state index contributed by atoms with van der Waals surface area (Å²) in [7, 11) is 0. The fourth-order valence-electron chi connectivity index (χ4n) is 3.42. The molecule has 1 unspecified atom stereocenters. The number of aryl methyl sites for hydroxylation is 1. The quantitative estimate of drug-likeness (QED) is 0.760. The molecule has 7 nitrogen and oxygen atoms in total. The minimum atomic E-state index is -0.570. The second kappa shape index (κ2) is 7.87. The largest absolute Gasteiger partial charge is 0.457 e. The standard InChI is InChI=1S/C22H22N2O5/c1-3-14-4-7-16(8-5-14)20-19(13(2)23-22(26)24-20)21(25)27-11-15-6-9-17-18(10-15)29-12-28-17/h4-10,20H,3,11-12H2,1-2H3,(H2,23,24,26). The highest BCUT2D eigenvalue weighted by atomic mass is 16.7. The Labute approximate surface area is 168 Å². The molecule has 0 bridgehead atoms. The third-order valence-corrected chi connectivity index (χ3v) is 5.02. The van der Waals surface area contributed by atoms with Crippen LogP contribution >= 0.6 is 0 Å². The van der Waals surface area contributed by atoms with Crippen LogP contribution in [0.3, 0.4) is 0 Å². The maximum Gasteiger partial charge on any atom is 0.338 e. The molecule has 0 aromatic heterocycles. The topological polar surface area (TPSA) is 85.9 Å². The molecule has 2 amide bonds. The van der Waals surface area contributed by atoms with Gasteiger partial charge in [-0.05, 0) is 42.2 Å². The number of urea groups is 1. The Morgan fingerprint density at radius 3 is 2.59 bits per heavy atom. The molecule has 4 rings (SSSR count). The van der Waals surface area contributed by atoms with E-state index in [4.69, 9.17) is 14.2 Å². The van der Waals surface area contributed by atoms with Crippen LogP contribution in [0.5, 0.6) is 11.5 Å². The van der Waals surface area contributed by atoms with Crippen molar-refractivity contribution >= 4 is 12.0 Å². The predicted molar refractivity (Wildman–Crippen MR) is 105 cm³/mol. The molecule has 7 heteroatoms. The van der Waals surface area contributed by atoms with Gasteiger partial charge in [0.15, 0.2) is 11.5 Å². The summed E-state index contributed by atoms with van der Waals surface area (Å²) in [5.74, 6) is 0.820. The van der Waals surface area contributed by atoms with Crippen LogP contribution < -0.4 is 20.1 Å². The van der Waals surface area contributed by atoms with Crippen LogP contribution in [0.1, 0.15) is 36.6 Å². The van der Waals surface area contributed by atoms with E-state index in [1.54, 1.807) is 19.1 Å². The predicted octanol–water partition coefficient (Wildman–Crippen LogP) is 3.35. The third kappa shape index (κ3) is 3.89. The minimum Gasteiger partial charge on any atom is -0.457 e. The molecule has 2 aromatic carbocycles. The summed E-state index contributed by atoms with van der Waals surface area (Å²) in [4.78, 5) is 24.9. The SMILES string of the molecule is CCc1ccc(C2NC(=O)NC(C)=C2C(=O)OCc2ccc3c(c2)OCO3)cc1. The van der Waals surface area contributed by atoms with Gasteiger partial charge < -0.3 is 24.8 Å². The zero-order valence-electron chi connectivity index (χ0n) is 16.3. The number of hydrogen-bond donors (Lipinski definition) is 2. The van der Waals surface area contributed by atoms with E-state index in [1.807, 2.05) is 30.3 Å². The fraction of sp³-hybridized carbons (Fsp3) is 0.273. The number of esters is 1. The average Bonchev–Trinajstić information content (AvgIpc) is 3.19. The Bertz CT molecular complexity index is 981. The number of carbonyl (C=O) groups excluding carboxylic acids is 2. The highest BCUT2D eigenvalue weighted by Crippen LogP contribution is 2.33. The van der Waals surface area contributed by atoms with Gasteiger partial charge in [0.25, 0.3) is 0 Å². The molecule has 0 fully saturated rings. The minimum absolute atomic E-state index is 0.0850. The highest BCUT2D eigenvalue weighted by molar-refractivity contribution is 5.95. The van der Waals surface area contributed by atoms with Crippen molar-refractivity contribution in [3.05, 3.63) is 70.4 Å².